The molecular formula is C16H28ClN5O2. The highest BCUT2D eigenvalue weighted by Gasteiger charge is 2.30. The molecule has 8 heteroatoms. The highest BCUT2D eigenvalue weighted by Crippen LogP contribution is 2.21. The van der Waals surface area contributed by atoms with Crippen molar-refractivity contribution in [1.82, 2.24) is 24.7 Å². The smallest absolute Gasteiger partial charge is 0.223 e. The Labute approximate surface area is 149 Å². The second-order valence-electron chi connectivity index (χ2n) is 5.77. The highest BCUT2D eigenvalue weighted by atomic mass is 35.5. The van der Waals surface area contributed by atoms with Crippen molar-refractivity contribution in [2.24, 2.45) is 7.05 Å². The third-order valence-corrected chi connectivity index (χ3v) is 4.39. The van der Waals surface area contributed by atoms with Crippen molar-refractivity contribution < 1.29 is 9.59 Å². The normalized spacial score (nSPS) is 17.3. The number of amides is 2. The molecule has 1 aromatic heterocycles. The molecular weight excluding hydrogens is 330 g/mol. The van der Waals surface area contributed by atoms with Crippen molar-refractivity contribution in [3.63, 3.8) is 0 Å². The van der Waals surface area contributed by atoms with E-state index < -0.39 is 0 Å². The van der Waals surface area contributed by atoms with E-state index in [4.69, 9.17) is 0 Å². The number of nitrogens with one attached hydrogen (secondary N) is 1. The SMILES string of the molecule is CCN(CC)C(=O)CCC(=O)N1CCNCC1c1nccn1C.Cl. The Hall–Kier alpha value is -1.60. The number of aromatic nitrogens is 2. The third-order valence-electron chi connectivity index (χ3n) is 4.39. The lowest BCUT2D eigenvalue weighted by molar-refractivity contribution is -0.139. The van der Waals surface area contributed by atoms with Crippen LogP contribution in [0.5, 0.6) is 0 Å². The van der Waals surface area contributed by atoms with Crippen molar-refractivity contribution in [3.8, 4) is 0 Å². The zero-order chi connectivity index (χ0) is 16.8. The van der Waals surface area contributed by atoms with Gasteiger partial charge in [-0.15, -0.1) is 12.4 Å². The molecule has 0 spiro atoms. The topological polar surface area (TPSA) is 70.5 Å². The predicted octanol–water partition coefficient (Wildman–Crippen LogP) is 0.963. The number of imidazole rings is 1. The van der Waals surface area contributed by atoms with Gasteiger partial charge in [0.05, 0.1) is 0 Å². The van der Waals surface area contributed by atoms with E-state index in [0.29, 0.717) is 26.2 Å². The minimum Gasteiger partial charge on any atom is -0.343 e. The van der Waals surface area contributed by atoms with Crippen molar-refractivity contribution in [3.05, 3.63) is 18.2 Å². The molecule has 24 heavy (non-hydrogen) atoms. The molecule has 7 nitrogen and oxygen atoms in total. The van der Waals surface area contributed by atoms with Crippen molar-refractivity contribution in [2.75, 3.05) is 32.7 Å². The third kappa shape index (κ3) is 4.70. The maximum Gasteiger partial charge on any atom is 0.223 e. The molecule has 0 bridgehead atoms. The summed E-state index contributed by atoms with van der Waals surface area (Å²) in [7, 11) is 1.93. The summed E-state index contributed by atoms with van der Waals surface area (Å²) in [5.74, 6) is 0.952. The fraction of sp³-hybridized carbons (Fsp3) is 0.688. The molecule has 1 aliphatic heterocycles. The summed E-state index contributed by atoms with van der Waals surface area (Å²) >= 11 is 0. The van der Waals surface area contributed by atoms with Crippen molar-refractivity contribution in [1.29, 1.82) is 0 Å². The lowest BCUT2D eigenvalue weighted by Gasteiger charge is -2.36. The predicted molar refractivity (Wildman–Crippen MR) is 94.9 cm³/mol. The van der Waals surface area contributed by atoms with E-state index in [2.05, 4.69) is 10.3 Å². The summed E-state index contributed by atoms with van der Waals surface area (Å²) in [6.07, 6.45) is 4.17. The van der Waals surface area contributed by atoms with Gasteiger partial charge < -0.3 is 19.7 Å². The van der Waals surface area contributed by atoms with Crippen molar-refractivity contribution in [2.45, 2.75) is 32.7 Å². The summed E-state index contributed by atoms with van der Waals surface area (Å²) < 4.78 is 1.94. The van der Waals surface area contributed by atoms with E-state index in [1.54, 1.807) is 11.1 Å². The quantitative estimate of drug-likeness (QED) is 0.823. The number of aryl methyl sites for hydroxylation is 1. The number of hydrogen-bond donors (Lipinski definition) is 1. The van der Waals surface area contributed by atoms with Gasteiger partial charge in [-0.25, -0.2) is 4.98 Å². The van der Waals surface area contributed by atoms with E-state index in [9.17, 15) is 9.59 Å². The largest absolute Gasteiger partial charge is 0.343 e. The molecule has 0 aromatic carbocycles. The number of rotatable bonds is 6. The molecule has 2 heterocycles. The lowest BCUT2D eigenvalue weighted by atomic mass is 10.1. The molecule has 1 saturated heterocycles. The Kier molecular flexibility index (Phi) is 8.21. The fourth-order valence-electron chi connectivity index (χ4n) is 3.02. The van der Waals surface area contributed by atoms with Crippen LogP contribution in [0, 0.1) is 0 Å². The van der Waals surface area contributed by atoms with Crippen LogP contribution in [0.2, 0.25) is 0 Å². The molecule has 0 aliphatic carbocycles. The molecule has 0 radical (unpaired) electrons. The van der Waals surface area contributed by atoms with Crippen LogP contribution in [0.15, 0.2) is 12.4 Å². The molecule has 1 aromatic rings. The molecule has 136 valence electrons. The highest BCUT2D eigenvalue weighted by molar-refractivity contribution is 5.85. The van der Waals surface area contributed by atoms with Crippen LogP contribution in [0.1, 0.15) is 38.6 Å². The summed E-state index contributed by atoms with van der Waals surface area (Å²) in [6.45, 7) is 7.40. The van der Waals surface area contributed by atoms with E-state index in [-0.39, 0.29) is 43.1 Å². The average Bonchev–Trinajstić information content (AvgIpc) is 2.99. The van der Waals surface area contributed by atoms with E-state index >= 15 is 0 Å². The van der Waals surface area contributed by atoms with Gasteiger partial charge in [0.15, 0.2) is 0 Å². The van der Waals surface area contributed by atoms with Crippen LogP contribution in [0.4, 0.5) is 0 Å². The number of halogens is 1. The maximum absolute atomic E-state index is 12.6. The van der Waals surface area contributed by atoms with Gasteiger partial charge in [-0.3, -0.25) is 9.59 Å². The zero-order valence-electron chi connectivity index (χ0n) is 14.7. The first-order valence-corrected chi connectivity index (χ1v) is 8.33. The Morgan fingerprint density at radius 3 is 2.62 bits per heavy atom. The summed E-state index contributed by atoms with van der Waals surface area (Å²) in [4.78, 5) is 32.7. The van der Waals surface area contributed by atoms with Gasteiger partial charge in [-0.1, -0.05) is 0 Å². The fourth-order valence-corrected chi connectivity index (χ4v) is 3.02. The van der Waals surface area contributed by atoms with Gasteiger partial charge in [0.2, 0.25) is 11.8 Å². The number of carbonyl (C=O) groups is 2. The van der Waals surface area contributed by atoms with Gasteiger partial charge in [0.25, 0.3) is 0 Å². The molecule has 0 saturated carbocycles. The second-order valence-corrected chi connectivity index (χ2v) is 5.77. The number of nitrogens with zero attached hydrogens (tertiary/aromatic N) is 4. The number of carbonyl (C=O) groups excluding carboxylic acids is 2. The molecule has 2 amide bonds. The Morgan fingerprint density at radius 2 is 2.04 bits per heavy atom. The average molecular weight is 358 g/mol. The molecule has 2 rings (SSSR count). The van der Waals surface area contributed by atoms with E-state index in [0.717, 1.165) is 12.4 Å². The Morgan fingerprint density at radius 1 is 1.33 bits per heavy atom. The summed E-state index contributed by atoms with van der Waals surface area (Å²) in [5.41, 5.74) is 0. The van der Waals surface area contributed by atoms with Gasteiger partial charge in [-0.2, -0.15) is 0 Å². The van der Waals surface area contributed by atoms with Gasteiger partial charge in [-0.05, 0) is 13.8 Å². The van der Waals surface area contributed by atoms with E-state index in [1.165, 1.54) is 0 Å². The maximum atomic E-state index is 12.6. The molecule has 1 fully saturated rings. The molecule has 1 N–H and O–H groups in total. The van der Waals surface area contributed by atoms with Crippen LogP contribution in [0.25, 0.3) is 0 Å². The van der Waals surface area contributed by atoms with Gasteiger partial charge >= 0.3 is 0 Å². The van der Waals surface area contributed by atoms with Gasteiger partial charge in [0.1, 0.15) is 11.9 Å². The minimum atomic E-state index is -0.0696. The first-order chi connectivity index (χ1) is 11.1. The summed E-state index contributed by atoms with van der Waals surface area (Å²) in [5, 5.41) is 3.31. The zero-order valence-corrected chi connectivity index (χ0v) is 15.5. The monoisotopic (exact) mass is 357 g/mol. The first kappa shape index (κ1) is 20.4. The van der Waals surface area contributed by atoms with E-state index in [1.807, 2.05) is 36.6 Å². The summed E-state index contributed by atoms with van der Waals surface area (Å²) in [6, 6.07) is -0.0696. The standard InChI is InChI=1S/C16H27N5O2.ClH/c1-4-20(5-2)14(22)6-7-15(23)21-11-8-17-12-13(21)16-18-9-10-19(16)3;/h9-10,13,17H,4-8,11-12H2,1-3H3;1H. The second kappa shape index (κ2) is 9.64. The first-order valence-electron chi connectivity index (χ1n) is 8.33. The minimum absolute atomic E-state index is 0. The van der Waals surface area contributed by atoms with Crippen LogP contribution < -0.4 is 5.32 Å². The molecule has 1 atom stereocenters. The van der Waals surface area contributed by atoms with Crippen molar-refractivity contribution >= 4 is 24.2 Å². The van der Waals surface area contributed by atoms with Crippen LogP contribution in [-0.2, 0) is 16.6 Å². The lowest BCUT2D eigenvalue weighted by Crippen LogP contribution is -2.49. The Balaban J connectivity index is 0.00000288. The van der Waals surface area contributed by atoms with Crippen LogP contribution >= 0.6 is 12.4 Å². The van der Waals surface area contributed by atoms with Gasteiger partial charge in [0, 0.05) is 65.0 Å². The molecule has 1 aliphatic rings. The Bertz CT molecular complexity index is 544. The molecule has 1 unspecified atom stereocenters. The van der Waals surface area contributed by atoms with Crippen LogP contribution in [0.3, 0.4) is 0 Å². The van der Waals surface area contributed by atoms with Crippen LogP contribution in [-0.4, -0.2) is 63.9 Å². The number of piperazine rings is 1. The number of hydrogen-bond acceptors (Lipinski definition) is 4.